The second kappa shape index (κ2) is 5.35. The van der Waals surface area contributed by atoms with Crippen molar-refractivity contribution in [1.82, 2.24) is 9.97 Å². The predicted octanol–water partition coefficient (Wildman–Crippen LogP) is 3.80. The van der Waals surface area contributed by atoms with Crippen LogP contribution in [-0.2, 0) is 6.42 Å². The van der Waals surface area contributed by atoms with E-state index >= 15 is 0 Å². The summed E-state index contributed by atoms with van der Waals surface area (Å²) in [6.45, 7) is 9.03. The van der Waals surface area contributed by atoms with Crippen LogP contribution in [0.2, 0.25) is 0 Å². The monoisotopic (exact) mass is 276 g/mol. The van der Waals surface area contributed by atoms with Gasteiger partial charge in [0.15, 0.2) is 11.5 Å². The Hall–Kier alpha value is -1.71. The fourth-order valence-corrected chi connectivity index (χ4v) is 2.08. The molecule has 1 aromatic carbocycles. The summed E-state index contributed by atoms with van der Waals surface area (Å²) < 4.78 is 10.6. The molecule has 1 unspecified atom stereocenters. The van der Waals surface area contributed by atoms with Crippen LogP contribution < -0.4 is 9.47 Å². The highest BCUT2D eigenvalue weighted by Gasteiger charge is 2.21. The van der Waals surface area contributed by atoms with Crippen LogP contribution in [0.25, 0.3) is 11.0 Å². The van der Waals surface area contributed by atoms with Gasteiger partial charge in [0.1, 0.15) is 5.82 Å². The molecule has 0 saturated carbocycles. The molecule has 0 amide bonds. The van der Waals surface area contributed by atoms with Crippen molar-refractivity contribution in [2.45, 2.75) is 34.1 Å². The number of methoxy groups -OCH3 is 2. The van der Waals surface area contributed by atoms with Crippen molar-refractivity contribution >= 4 is 11.0 Å². The van der Waals surface area contributed by atoms with E-state index < -0.39 is 0 Å². The van der Waals surface area contributed by atoms with Gasteiger partial charge in [-0.3, -0.25) is 0 Å². The minimum Gasteiger partial charge on any atom is -0.493 e. The van der Waals surface area contributed by atoms with Crippen LogP contribution in [-0.4, -0.2) is 24.2 Å². The number of aromatic nitrogens is 2. The molecular formula is C16H24N2O2. The van der Waals surface area contributed by atoms with Gasteiger partial charge >= 0.3 is 0 Å². The number of H-pyrrole nitrogens is 1. The largest absolute Gasteiger partial charge is 0.493 e. The van der Waals surface area contributed by atoms with Crippen LogP contribution in [0.4, 0.5) is 0 Å². The van der Waals surface area contributed by atoms with Crippen molar-refractivity contribution in [3.05, 3.63) is 18.0 Å². The quantitative estimate of drug-likeness (QED) is 0.923. The van der Waals surface area contributed by atoms with Crippen LogP contribution in [0.15, 0.2) is 12.1 Å². The molecule has 0 aliphatic rings. The van der Waals surface area contributed by atoms with E-state index in [0.717, 1.165) is 29.0 Å². The summed E-state index contributed by atoms with van der Waals surface area (Å²) in [5, 5.41) is 0. The summed E-state index contributed by atoms with van der Waals surface area (Å²) in [7, 11) is 3.28. The minimum absolute atomic E-state index is 0.272. The molecule has 1 atom stereocenters. The third kappa shape index (κ3) is 2.89. The Morgan fingerprint density at radius 2 is 1.75 bits per heavy atom. The predicted molar refractivity (Wildman–Crippen MR) is 81.5 cm³/mol. The maximum atomic E-state index is 5.32. The highest BCUT2D eigenvalue weighted by molar-refractivity contribution is 5.79. The molecule has 0 aliphatic heterocycles. The van der Waals surface area contributed by atoms with E-state index in [-0.39, 0.29) is 5.41 Å². The Morgan fingerprint density at radius 1 is 1.15 bits per heavy atom. The second-order valence-electron chi connectivity index (χ2n) is 6.38. The van der Waals surface area contributed by atoms with Crippen LogP contribution in [0.5, 0.6) is 11.5 Å². The number of nitrogens with zero attached hydrogens (tertiary/aromatic N) is 1. The number of benzene rings is 1. The highest BCUT2D eigenvalue weighted by atomic mass is 16.5. The van der Waals surface area contributed by atoms with Gasteiger partial charge in [0.25, 0.3) is 0 Å². The molecule has 2 rings (SSSR count). The van der Waals surface area contributed by atoms with Crippen LogP contribution in [0.3, 0.4) is 0 Å². The van der Waals surface area contributed by atoms with E-state index in [4.69, 9.17) is 9.47 Å². The van der Waals surface area contributed by atoms with Crippen LogP contribution >= 0.6 is 0 Å². The van der Waals surface area contributed by atoms with Gasteiger partial charge in [0.05, 0.1) is 25.3 Å². The lowest BCUT2D eigenvalue weighted by Crippen LogP contribution is -2.19. The Kier molecular flexibility index (Phi) is 3.93. The standard InChI is InChI=1S/C16H24N2O2/c1-10(16(2,3)4)7-15-17-11-8-13(19-5)14(20-6)9-12(11)18-15/h8-10H,7H2,1-6H3,(H,17,18). The fourth-order valence-electron chi connectivity index (χ4n) is 2.08. The Balaban J connectivity index is 2.34. The topological polar surface area (TPSA) is 47.1 Å². The average molecular weight is 276 g/mol. The summed E-state index contributed by atoms with van der Waals surface area (Å²) in [4.78, 5) is 8.04. The molecule has 4 nitrogen and oxygen atoms in total. The number of hydrogen-bond acceptors (Lipinski definition) is 3. The lowest BCUT2D eigenvalue weighted by molar-refractivity contribution is 0.257. The van der Waals surface area contributed by atoms with E-state index in [1.807, 2.05) is 12.1 Å². The van der Waals surface area contributed by atoms with Gasteiger partial charge in [-0.25, -0.2) is 4.98 Å². The molecule has 0 saturated heterocycles. The minimum atomic E-state index is 0.272. The summed E-state index contributed by atoms with van der Waals surface area (Å²) in [6.07, 6.45) is 0.933. The number of hydrogen-bond donors (Lipinski definition) is 1. The molecule has 1 aromatic heterocycles. The SMILES string of the molecule is COc1cc2nc(CC(C)C(C)(C)C)[nH]c2cc1OC. The molecule has 1 heterocycles. The number of rotatable bonds is 4. The fraction of sp³-hybridized carbons (Fsp3) is 0.562. The zero-order chi connectivity index (χ0) is 14.9. The van der Waals surface area contributed by atoms with Gasteiger partial charge < -0.3 is 14.5 Å². The second-order valence-corrected chi connectivity index (χ2v) is 6.38. The van der Waals surface area contributed by atoms with Crippen molar-refractivity contribution in [2.75, 3.05) is 14.2 Å². The summed E-state index contributed by atoms with van der Waals surface area (Å²) >= 11 is 0. The van der Waals surface area contributed by atoms with Crippen molar-refractivity contribution in [2.24, 2.45) is 11.3 Å². The molecule has 110 valence electrons. The van der Waals surface area contributed by atoms with Crippen molar-refractivity contribution in [3.63, 3.8) is 0 Å². The van der Waals surface area contributed by atoms with Gasteiger partial charge in [-0.2, -0.15) is 0 Å². The molecule has 2 aromatic rings. The maximum Gasteiger partial charge on any atom is 0.163 e. The Morgan fingerprint density at radius 3 is 2.30 bits per heavy atom. The van der Waals surface area contributed by atoms with Gasteiger partial charge in [-0.15, -0.1) is 0 Å². The molecule has 1 N–H and O–H groups in total. The summed E-state index contributed by atoms with van der Waals surface area (Å²) in [6, 6.07) is 3.85. The molecule has 0 bridgehead atoms. The number of imidazole rings is 1. The van der Waals surface area contributed by atoms with Gasteiger partial charge in [-0.05, 0) is 11.3 Å². The maximum absolute atomic E-state index is 5.32. The van der Waals surface area contributed by atoms with Crippen molar-refractivity contribution < 1.29 is 9.47 Å². The Labute approximate surface area is 120 Å². The zero-order valence-electron chi connectivity index (χ0n) is 13.2. The first-order valence-electron chi connectivity index (χ1n) is 6.95. The third-order valence-corrected chi connectivity index (χ3v) is 4.01. The lowest BCUT2D eigenvalue weighted by atomic mass is 9.80. The van der Waals surface area contributed by atoms with E-state index in [9.17, 15) is 0 Å². The van der Waals surface area contributed by atoms with E-state index in [2.05, 4.69) is 37.7 Å². The number of ether oxygens (including phenoxy) is 2. The number of aromatic amines is 1. The van der Waals surface area contributed by atoms with E-state index in [1.165, 1.54) is 0 Å². The van der Waals surface area contributed by atoms with Gasteiger partial charge in [0, 0.05) is 18.6 Å². The first-order valence-corrected chi connectivity index (χ1v) is 6.95. The molecule has 4 heteroatoms. The lowest BCUT2D eigenvalue weighted by Gasteiger charge is -2.26. The number of fused-ring (bicyclic) bond motifs is 1. The van der Waals surface area contributed by atoms with Gasteiger partial charge in [-0.1, -0.05) is 27.7 Å². The molecule has 20 heavy (non-hydrogen) atoms. The zero-order valence-corrected chi connectivity index (χ0v) is 13.2. The normalized spacial score (nSPS) is 13.5. The smallest absolute Gasteiger partial charge is 0.163 e. The number of nitrogens with one attached hydrogen (secondary N) is 1. The summed E-state index contributed by atoms with van der Waals surface area (Å²) in [5.41, 5.74) is 2.17. The van der Waals surface area contributed by atoms with E-state index in [1.54, 1.807) is 14.2 Å². The average Bonchev–Trinajstić information content (AvgIpc) is 2.76. The van der Waals surface area contributed by atoms with Crippen LogP contribution in [0.1, 0.15) is 33.5 Å². The third-order valence-electron chi connectivity index (χ3n) is 4.01. The first-order chi connectivity index (χ1) is 9.35. The molecule has 0 fully saturated rings. The first kappa shape index (κ1) is 14.7. The van der Waals surface area contributed by atoms with Gasteiger partial charge in [0.2, 0.25) is 0 Å². The molecule has 0 aliphatic carbocycles. The van der Waals surface area contributed by atoms with Crippen molar-refractivity contribution in [3.8, 4) is 11.5 Å². The summed E-state index contributed by atoms with van der Waals surface area (Å²) in [5.74, 6) is 2.99. The highest BCUT2D eigenvalue weighted by Crippen LogP contribution is 2.32. The molecule has 0 spiro atoms. The van der Waals surface area contributed by atoms with E-state index in [0.29, 0.717) is 11.7 Å². The Bertz CT molecular complexity index is 555. The van der Waals surface area contributed by atoms with Crippen molar-refractivity contribution in [1.29, 1.82) is 0 Å². The van der Waals surface area contributed by atoms with Crippen LogP contribution in [0, 0.1) is 11.3 Å². The molecular weight excluding hydrogens is 252 g/mol. The molecule has 0 radical (unpaired) electrons.